The summed E-state index contributed by atoms with van der Waals surface area (Å²) in [5, 5.41) is 74.0. The Morgan fingerprint density at radius 3 is 1.00 bits per heavy atom. The van der Waals surface area contributed by atoms with Crippen molar-refractivity contribution in [2.75, 3.05) is 78.9 Å². The number of phenolic OH excluding ortho intramolecular Hbond substituents is 6. The number of rotatable bonds is 12. The Bertz CT molecular complexity index is 4420. The number of hydrogen-bond acceptors (Lipinski definition) is 21. The van der Waals surface area contributed by atoms with E-state index in [1.54, 1.807) is 32.9 Å². The number of esters is 3. The minimum Gasteiger partial charge on any atom is -0.508 e. The van der Waals surface area contributed by atoms with Crippen molar-refractivity contribution in [1.29, 1.82) is 0 Å². The first-order valence-corrected chi connectivity index (χ1v) is 40.2. The highest BCUT2D eigenvalue weighted by Crippen LogP contribution is 2.40. The van der Waals surface area contributed by atoms with Crippen LogP contribution in [0.25, 0.3) is 0 Å². The molecule has 0 radical (unpaired) electrons. The minimum absolute atomic E-state index is 0.0256. The predicted molar refractivity (Wildman–Crippen MR) is 443 cm³/mol. The molecule has 26 heteroatoms. The molecule has 3 fully saturated rings. The van der Waals surface area contributed by atoms with Crippen LogP contribution in [-0.4, -0.2) is 177 Å². The monoisotopic (exact) mass is 1620 g/mol. The molecule has 0 spiro atoms. The van der Waals surface area contributed by atoms with Crippen LogP contribution >= 0.6 is 23.2 Å². The van der Waals surface area contributed by atoms with Gasteiger partial charge in [0.25, 0.3) is 17.7 Å². The molecular weight excluding hydrogens is 1520 g/mol. The van der Waals surface area contributed by atoms with E-state index in [-0.39, 0.29) is 137 Å². The zero-order valence-electron chi connectivity index (χ0n) is 64.9. The van der Waals surface area contributed by atoms with Crippen molar-refractivity contribution in [2.24, 2.45) is 15.5 Å². The maximum Gasteiger partial charge on any atom is 0.342 e. The van der Waals surface area contributed by atoms with E-state index in [0.29, 0.717) is 99.0 Å². The lowest BCUT2D eigenvalue weighted by molar-refractivity contribution is -0.137. The number of oxime groups is 3. The summed E-state index contributed by atoms with van der Waals surface area (Å²) in [6.45, 7) is 3.72. The number of amides is 3. The van der Waals surface area contributed by atoms with Gasteiger partial charge in [-0.05, 0) is 172 Å². The summed E-state index contributed by atoms with van der Waals surface area (Å²) in [5.41, 5.74) is 5.44. The molecule has 6 N–H and O–H groups in total. The summed E-state index contributed by atoms with van der Waals surface area (Å²) >= 11 is 12.7. The Labute approximate surface area is 685 Å². The molecule has 6 heterocycles. The second-order valence-corrected chi connectivity index (χ2v) is 29.3. The van der Waals surface area contributed by atoms with Crippen LogP contribution < -0.4 is 0 Å². The molecule has 24 nitrogen and oxygen atoms in total. The third-order valence-electron chi connectivity index (χ3n) is 20.5. The highest BCUT2D eigenvalue weighted by atomic mass is 35.5. The summed E-state index contributed by atoms with van der Waals surface area (Å²) in [7, 11) is 0. The molecule has 3 saturated heterocycles. The number of ether oxygens (including phenoxy) is 3. The van der Waals surface area contributed by atoms with Crippen molar-refractivity contribution >= 4 is 76.0 Å². The minimum atomic E-state index is -0.756. The second-order valence-electron chi connectivity index (χ2n) is 28.6. The van der Waals surface area contributed by atoms with Crippen LogP contribution in [0.2, 0.25) is 10.0 Å². The van der Waals surface area contributed by atoms with E-state index in [1.807, 2.05) is 109 Å². The number of cyclic esters (lactones) is 3. The Morgan fingerprint density at radius 2 is 0.664 bits per heavy atom. The number of carbonyl (C=O) groups is 6. The van der Waals surface area contributed by atoms with Crippen molar-refractivity contribution < 1.29 is 88.1 Å². The lowest BCUT2D eigenvalue weighted by Gasteiger charge is -2.32. The average molecular weight is 1620 g/mol. The summed E-state index contributed by atoms with van der Waals surface area (Å²) in [6, 6.07) is 35.5. The van der Waals surface area contributed by atoms with Crippen LogP contribution in [0.15, 0.2) is 204 Å². The van der Waals surface area contributed by atoms with Crippen LogP contribution in [0.3, 0.4) is 0 Å². The van der Waals surface area contributed by atoms with Gasteiger partial charge in [0.2, 0.25) is 0 Å². The SMILES string of the molecule is O=C1OCC/C=C/CC/C=C/C(=N/OCC(=O)N2CCC(c3ccccc3)CC2)Cc2c(Cl)c(O)cc(O)c21.O=C1OCC/C=C/CC/C=C/C(=N/OCC(=O)N2CCC(c3ccccc3)CC2)Cc2cc(O)cc(O)c21.O=C1OCC/C=C/CC/C=C/C(=N\OCC(=O)N2CCC(c3ccccc3)CC2)Cc2c(Cl)c(O)cc(O)c21. The Kier molecular flexibility index (Phi) is 34.0. The summed E-state index contributed by atoms with van der Waals surface area (Å²) in [6.07, 6.45) is 34.4. The van der Waals surface area contributed by atoms with Crippen LogP contribution in [0, 0.1) is 0 Å². The van der Waals surface area contributed by atoms with Gasteiger partial charge in [0.15, 0.2) is 19.8 Å². The molecule has 116 heavy (non-hydrogen) atoms. The molecule has 3 amide bonds. The fraction of sp³-hybridized carbons (Fsp3) is 0.367. The smallest absolute Gasteiger partial charge is 0.342 e. The first kappa shape index (κ1) is 86.8. The van der Waals surface area contributed by atoms with Gasteiger partial charge in [0.1, 0.15) is 51.2 Å². The number of phenols is 6. The number of hydrogen-bond donors (Lipinski definition) is 6. The number of piperidine rings is 3. The van der Waals surface area contributed by atoms with Crippen LogP contribution in [0.5, 0.6) is 34.5 Å². The molecule has 0 aromatic heterocycles. The van der Waals surface area contributed by atoms with E-state index in [9.17, 15) is 59.4 Å². The molecule has 0 bridgehead atoms. The van der Waals surface area contributed by atoms with E-state index in [2.05, 4.69) is 51.9 Å². The lowest BCUT2D eigenvalue weighted by Crippen LogP contribution is -2.39. The molecule has 0 unspecified atom stereocenters. The topological polar surface area (TPSA) is 326 Å². The van der Waals surface area contributed by atoms with Crippen molar-refractivity contribution in [3.05, 3.63) is 248 Å². The van der Waals surface area contributed by atoms with Crippen molar-refractivity contribution in [1.82, 2.24) is 14.7 Å². The van der Waals surface area contributed by atoms with Gasteiger partial charge in [0.05, 0.1) is 47.0 Å². The van der Waals surface area contributed by atoms with Crippen LogP contribution in [0.1, 0.15) is 179 Å². The van der Waals surface area contributed by atoms with Gasteiger partial charge in [-0.1, -0.05) is 184 Å². The normalized spacial score (nSPS) is 20.0. The number of carbonyl (C=O) groups excluding carboxylic acids is 6. The number of likely N-dealkylation sites (tertiary alicyclic amines) is 3. The molecule has 0 aliphatic carbocycles. The first-order chi connectivity index (χ1) is 56.4. The Balaban J connectivity index is 0.000000184. The highest BCUT2D eigenvalue weighted by Gasteiger charge is 2.31. The molecule has 12 rings (SSSR count). The first-order valence-electron chi connectivity index (χ1n) is 39.4. The molecule has 6 aliphatic heterocycles. The zero-order chi connectivity index (χ0) is 82.0. The number of benzene rings is 6. The third kappa shape index (κ3) is 26.2. The third-order valence-corrected chi connectivity index (χ3v) is 21.3. The maximum absolute atomic E-state index is 12.8. The van der Waals surface area contributed by atoms with E-state index >= 15 is 0 Å². The van der Waals surface area contributed by atoms with E-state index < -0.39 is 29.4 Å². The molecule has 0 saturated carbocycles. The number of fused-ring (bicyclic) bond motifs is 3. The van der Waals surface area contributed by atoms with Gasteiger partial charge in [-0.2, -0.15) is 0 Å². The average Bonchev–Trinajstić information content (AvgIpc) is 0.800. The molecule has 6 aliphatic rings. The van der Waals surface area contributed by atoms with Gasteiger partial charge in [-0.15, -0.1) is 0 Å². The van der Waals surface area contributed by atoms with E-state index in [1.165, 1.54) is 22.8 Å². The number of halogens is 2. The quantitative estimate of drug-likeness (QED) is 0.0287. The van der Waals surface area contributed by atoms with Crippen molar-refractivity contribution in [3.8, 4) is 34.5 Å². The van der Waals surface area contributed by atoms with Gasteiger partial charge in [-0.25, -0.2) is 14.4 Å². The van der Waals surface area contributed by atoms with Gasteiger partial charge >= 0.3 is 17.9 Å². The molecule has 0 atom stereocenters. The summed E-state index contributed by atoms with van der Waals surface area (Å²) < 4.78 is 15.9. The molecule has 612 valence electrons. The second kappa shape index (κ2) is 45.5. The zero-order valence-corrected chi connectivity index (χ0v) is 66.4. The van der Waals surface area contributed by atoms with Gasteiger partial charge < -0.3 is 74.1 Å². The van der Waals surface area contributed by atoms with Crippen LogP contribution in [-0.2, 0) is 62.4 Å². The molecule has 6 aromatic carbocycles. The standard InChI is InChI=1S/2C30H33ClN2O6.C30H34N2O6/c2*31-29-24-18-23(12-8-3-1-2-4-9-17-38-30(37)28(24)25(34)19-26(29)35)32-39-20-27(36)33-15-13-22(14-16-33)21-10-6-5-7-11-21;33-26-19-24-18-25(12-8-3-1-2-4-9-17-37-30(36)29(24)27(34)20-26)31-38-21-28(35)32-15-13-23(14-16-32)22-10-6-5-7-11-22/h2*2,4-8,10-12,19,22,34-35H,1,3,9,13-18,20H2;2,4-8,10-12,19-20,23,33-34H,1,3,9,13-18,21H2/b4-2+,12-8+,32-23+;4-2+,12-8+,32-23-;4-2+,12-8+,31-25-. The van der Waals surface area contributed by atoms with Crippen molar-refractivity contribution in [2.45, 2.75) is 133 Å². The Hall–Kier alpha value is -11.6. The fourth-order valence-electron chi connectivity index (χ4n) is 14.3. The highest BCUT2D eigenvalue weighted by molar-refractivity contribution is 6.34. The van der Waals surface area contributed by atoms with Gasteiger partial charge in [0, 0.05) is 76.7 Å². The summed E-state index contributed by atoms with van der Waals surface area (Å²) in [4.78, 5) is 98.4. The largest absolute Gasteiger partial charge is 0.508 e. The lowest BCUT2D eigenvalue weighted by atomic mass is 9.89. The summed E-state index contributed by atoms with van der Waals surface area (Å²) in [5.74, 6) is -3.50. The van der Waals surface area contributed by atoms with E-state index in [0.717, 1.165) is 95.2 Å². The van der Waals surface area contributed by atoms with Crippen molar-refractivity contribution in [3.63, 3.8) is 0 Å². The number of aromatic hydroxyl groups is 6. The maximum atomic E-state index is 12.8. The molecule has 6 aromatic rings. The predicted octanol–water partition coefficient (Wildman–Crippen LogP) is 15.9. The molecular formula is C90H100Cl2N6O18. The number of allylic oxidation sites excluding steroid dienone is 9. The van der Waals surface area contributed by atoms with E-state index in [4.69, 9.17) is 51.9 Å². The fourth-order valence-corrected chi connectivity index (χ4v) is 14.7. The Morgan fingerprint density at radius 1 is 0.371 bits per heavy atom. The van der Waals surface area contributed by atoms with Gasteiger partial charge in [-0.3, -0.25) is 14.4 Å². The number of nitrogens with zero attached hydrogens (tertiary/aromatic N) is 6. The van der Waals surface area contributed by atoms with Crippen LogP contribution in [0.4, 0.5) is 0 Å².